The van der Waals surface area contributed by atoms with E-state index in [-0.39, 0.29) is 16.0 Å². The minimum atomic E-state index is -3.52. The van der Waals surface area contributed by atoms with Crippen molar-refractivity contribution in [3.63, 3.8) is 0 Å². The molecule has 0 radical (unpaired) electrons. The van der Waals surface area contributed by atoms with E-state index >= 15 is 0 Å². The number of hydrogen-bond donors (Lipinski definition) is 0. The minimum Gasteiger partial charge on any atom is -0.372 e. The molecule has 0 aliphatic carbocycles. The lowest BCUT2D eigenvalue weighted by Gasteiger charge is -2.17. The molecule has 0 saturated carbocycles. The van der Waals surface area contributed by atoms with Gasteiger partial charge in [0.05, 0.1) is 17.7 Å². The average Bonchev–Trinajstić information content (AvgIpc) is 3.00. The molecule has 1 heterocycles. The van der Waals surface area contributed by atoms with Crippen molar-refractivity contribution in [2.75, 3.05) is 20.2 Å². The molecule has 4 nitrogen and oxygen atoms in total. The molecule has 0 spiro atoms. The summed E-state index contributed by atoms with van der Waals surface area (Å²) in [6.07, 6.45) is 0.0269. The van der Waals surface area contributed by atoms with Gasteiger partial charge in [0.25, 0.3) is 0 Å². The number of sulfonamides is 1. The summed E-state index contributed by atoms with van der Waals surface area (Å²) in [7, 11) is -1.99. The van der Waals surface area contributed by atoms with Crippen LogP contribution in [0.5, 0.6) is 0 Å². The van der Waals surface area contributed by atoms with E-state index in [0.717, 1.165) is 5.56 Å². The van der Waals surface area contributed by atoms with Crippen LogP contribution in [0.25, 0.3) is 0 Å². The highest BCUT2D eigenvalue weighted by Crippen LogP contribution is 2.26. The van der Waals surface area contributed by atoms with Crippen LogP contribution in [-0.2, 0) is 14.8 Å². The van der Waals surface area contributed by atoms with Crippen LogP contribution in [0.3, 0.4) is 0 Å². The Balaban J connectivity index is 2.29. The van der Waals surface area contributed by atoms with Crippen LogP contribution in [0.15, 0.2) is 23.1 Å². The zero-order chi connectivity index (χ0) is 12.6. The molecule has 1 saturated heterocycles. The number of benzene rings is 1. The van der Waals surface area contributed by atoms with Gasteiger partial charge in [0.1, 0.15) is 4.90 Å². The fourth-order valence-corrected chi connectivity index (χ4v) is 3.31. The fraction of sp³-hybridized carbons (Fsp3) is 0.455. The number of halogens is 1. The second kappa shape index (κ2) is 4.57. The summed E-state index contributed by atoms with van der Waals surface area (Å²) in [5.74, 6) is 0. The monoisotopic (exact) mass is 275 g/mol. The zero-order valence-electron chi connectivity index (χ0n) is 9.68. The maximum Gasteiger partial charge on any atom is 0.244 e. The van der Waals surface area contributed by atoms with Gasteiger partial charge >= 0.3 is 0 Å². The third kappa shape index (κ3) is 2.80. The molecule has 0 unspecified atom stereocenters. The Morgan fingerprint density at radius 3 is 2.71 bits per heavy atom. The van der Waals surface area contributed by atoms with Crippen LogP contribution in [0.4, 0.5) is 0 Å². The summed E-state index contributed by atoms with van der Waals surface area (Å²) in [5, 5.41) is 0.258. The van der Waals surface area contributed by atoms with Gasteiger partial charge in [-0.15, -0.1) is 0 Å². The molecule has 0 bridgehead atoms. The first-order valence-corrected chi connectivity index (χ1v) is 7.07. The van der Waals surface area contributed by atoms with Gasteiger partial charge in [0, 0.05) is 13.6 Å². The largest absolute Gasteiger partial charge is 0.372 e. The smallest absolute Gasteiger partial charge is 0.244 e. The molecule has 1 aromatic rings. The first-order chi connectivity index (χ1) is 7.91. The number of epoxide rings is 1. The second-order valence-electron chi connectivity index (χ2n) is 4.17. The van der Waals surface area contributed by atoms with Crippen LogP contribution in [0.1, 0.15) is 5.56 Å². The standard InChI is InChI=1S/C11H14ClNO3S/c1-8-3-4-11(10(12)5-8)17(14,15)13(2)6-9-7-16-9/h3-5,9H,6-7H2,1-2H3/t9-/m0/s1. The maximum atomic E-state index is 12.2. The maximum absolute atomic E-state index is 12.2. The van der Waals surface area contributed by atoms with E-state index < -0.39 is 10.0 Å². The topological polar surface area (TPSA) is 49.9 Å². The average molecular weight is 276 g/mol. The van der Waals surface area contributed by atoms with Gasteiger partial charge in [-0.2, -0.15) is 4.31 Å². The summed E-state index contributed by atoms with van der Waals surface area (Å²) < 4.78 is 30.7. The molecule has 1 aromatic carbocycles. The summed E-state index contributed by atoms with van der Waals surface area (Å²) in [6.45, 7) is 2.86. The first-order valence-electron chi connectivity index (χ1n) is 5.25. The predicted octanol–water partition coefficient (Wildman–Crippen LogP) is 1.67. The van der Waals surface area contributed by atoms with E-state index in [2.05, 4.69) is 0 Å². The predicted molar refractivity (Wildman–Crippen MR) is 65.7 cm³/mol. The summed E-state index contributed by atoms with van der Waals surface area (Å²) in [4.78, 5) is 0.146. The van der Waals surface area contributed by atoms with E-state index in [9.17, 15) is 8.42 Å². The quantitative estimate of drug-likeness (QED) is 0.786. The molecule has 0 amide bonds. The third-order valence-corrected chi connectivity index (χ3v) is 4.94. The lowest BCUT2D eigenvalue weighted by Crippen LogP contribution is -2.30. The van der Waals surface area contributed by atoms with Crippen LogP contribution in [0.2, 0.25) is 5.02 Å². The Labute approximate surface area is 106 Å². The van der Waals surface area contributed by atoms with E-state index in [0.29, 0.717) is 13.2 Å². The second-order valence-corrected chi connectivity index (χ2v) is 6.60. The highest BCUT2D eigenvalue weighted by Gasteiger charge is 2.31. The van der Waals surface area contributed by atoms with Crippen molar-refractivity contribution in [2.24, 2.45) is 0 Å². The zero-order valence-corrected chi connectivity index (χ0v) is 11.3. The van der Waals surface area contributed by atoms with Crippen molar-refractivity contribution in [3.05, 3.63) is 28.8 Å². The SMILES string of the molecule is Cc1ccc(S(=O)(=O)N(C)C[C@H]2CO2)c(Cl)c1. The first kappa shape index (κ1) is 12.8. The van der Waals surface area contributed by atoms with Crippen LogP contribution >= 0.6 is 11.6 Å². The van der Waals surface area contributed by atoms with Gasteiger partial charge < -0.3 is 4.74 Å². The van der Waals surface area contributed by atoms with Crippen molar-refractivity contribution < 1.29 is 13.2 Å². The number of nitrogens with zero attached hydrogens (tertiary/aromatic N) is 1. The van der Waals surface area contributed by atoms with E-state index in [1.807, 2.05) is 6.92 Å². The Morgan fingerprint density at radius 2 is 2.18 bits per heavy atom. The lowest BCUT2D eigenvalue weighted by molar-refractivity contribution is 0.359. The Morgan fingerprint density at radius 1 is 1.53 bits per heavy atom. The number of rotatable bonds is 4. The van der Waals surface area contributed by atoms with Crippen LogP contribution in [0, 0.1) is 6.92 Å². The van der Waals surface area contributed by atoms with E-state index in [1.54, 1.807) is 12.1 Å². The fourth-order valence-electron chi connectivity index (χ4n) is 1.54. The molecule has 0 N–H and O–H groups in total. The molecular formula is C11H14ClNO3S. The third-order valence-electron chi connectivity index (χ3n) is 2.64. The van der Waals surface area contributed by atoms with E-state index in [4.69, 9.17) is 16.3 Å². The number of aryl methyl sites for hydroxylation is 1. The molecule has 17 heavy (non-hydrogen) atoms. The number of likely N-dealkylation sites (N-methyl/N-ethyl adjacent to an activating group) is 1. The van der Waals surface area contributed by atoms with Gasteiger partial charge in [0.2, 0.25) is 10.0 Å². The molecule has 1 atom stereocenters. The molecule has 2 rings (SSSR count). The molecule has 94 valence electrons. The van der Waals surface area contributed by atoms with Gasteiger partial charge in [-0.3, -0.25) is 0 Å². The van der Waals surface area contributed by atoms with Crippen molar-refractivity contribution in [1.29, 1.82) is 0 Å². The normalized spacial score (nSPS) is 19.6. The van der Waals surface area contributed by atoms with Crippen molar-refractivity contribution in [3.8, 4) is 0 Å². The Kier molecular flexibility index (Phi) is 3.45. The lowest BCUT2D eigenvalue weighted by atomic mass is 10.2. The molecule has 6 heteroatoms. The minimum absolute atomic E-state index is 0.0269. The Hall–Kier alpha value is -0.620. The molecule has 1 aliphatic rings. The summed E-state index contributed by atoms with van der Waals surface area (Å²) in [5.41, 5.74) is 0.933. The van der Waals surface area contributed by atoms with Crippen LogP contribution in [-0.4, -0.2) is 39.0 Å². The summed E-state index contributed by atoms with van der Waals surface area (Å²) in [6, 6.07) is 4.92. The van der Waals surface area contributed by atoms with Crippen molar-refractivity contribution >= 4 is 21.6 Å². The van der Waals surface area contributed by atoms with E-state index in [1.165, 1.54) is 17.4 Å². The highest BCUT2D eigenvalue weighted by molar-refractivity contribution is 7.89. The molecule has 1 fully saturated rings. The Bertz CT molecular complexity index is 526. The van der Waals surface area contributed by atoms with Crippen molar-refractivity contribution in [1.82, 2.24) is 4.31 Å². The highest BCUT2D eigenvalue weighted by atomic mass is 35.5. The number of hydrogen-bond acceptors (Lipinski definition) is 3. The summed E-state index contributed by atoms with van der Waals surface area (Å²) >= 11 is 5.97. The molecule has 1 aliphatic heterocycles. The van der Waals surface area contributed by atoms with Gasteiger partial charge in [-0.1, -0.05) is 17.7 Å². The molecular weight excluding hydrogens is 262 g/mol. The van der Waals surface area contributed by atoms with Crippen molar-refractivity contribution in [2.45, 2.75) is 17.9 Å². The molecule has 0 aromatic heterocycles. The van der Waals surface area contributed by atoms with Crippen LogP contribution < -0.4 is 0 Å². The number of ether oxygens (including phenoxy) is 1. The van der Waals surface area contributed by atoms with Gasteiger partial charge in [0.15, 0.2) is 0 Å². The van der Waals surface area contributed by atoms with Gasteiger partial charge in [-0.25, -0.2) is 8.42 Å². The van der Waals surface area contributed by atoms with Gasteiger partial charge in [-0.05, 0) is 24.6 Å².